The van der Waals surface area contributed by atoms with Crippen LogP contribution in [-0.2, 0) is 11.2 Å². The second-order valence-electron chi connectivity index (χ2n) is 6.04. The van der Waals surface area contributed by atoms with Gasteiger partial charge in [-0.1, -0.05) is 12.1 Å². The van der Waals surface area contributed by atoms with E-state index in [1.54, 1.807) is 23.8 Å². The number of methoxy groups -OCH3 is 1. The quantitative estimate of drug-likeness (QED) is 0.775. The van der Waals surface area contributed by atoms with Crippen molar-refractivity contribution in [2.24, 2.45) is 0 Å². The highest BCUT2D eigenvalue weighted by molar-refractivity contribution is 5.78. The Bertz CT molecular complexity index is 920. The lowest BCUT2D eigenvalue weighted by Gasteiger charge is -2.15. The second kappa shape index (κ2) is 6.93. The van der Waals surface area contributed by atoms with E-state index in [1.807, 2.05) is 32.0 Å². The molecule has 0 aliphatic carbocycles. The molecule has 3 aromatic rings. The number of benzene rings is 1. The number of ether oxygens (including phenoxy) is 1. The maximum atomic E-state index is 13.2. The highest BCUT2D eigenvalue weighted by Gasteiger charge is 2.13. The summed E-state index contributed by atoms with van der Waals surface area (Å²) < 4.78 is 20.0. The number of carbonyl (C=O) groups excluding carboxylic acids is 1. The van der Waals surface area contributed by atoms with Crippen LogP contribution in [-0.4, -0.2) is 22.4 Å². The van der Waals surface area contributed by atoms with Crippen molar-refractivity contribution in [3.63, 3.8) is 0 Å². The maximum absolute atomic E-state index is 13.2. The number of halogens is 1. The summed E-state index contributed by atoms with van der Waals surface area (Å²) in [6.07, 6.45) is 3.15. The molecule has 2 aromatic heterocycles. The van der Waals surface area contributed by atoms with Crippen molar-refractivity contribution in [3.8, 4) is 5.75 Å². The fourth-order valence-corrected chi connectivity index (χ4v) is 2.81. The summed E-state index contributed by atoms with van der Waals surface area (Å²) in [5, 5.41) is 2.96. The number of nitrogens with one attached hydrogen (secondary N) is 1. The Labute approximate surface area is 145 Å². The van der Waals surface area contributed by atoms with Crippen LogP contribution in [0, 0.1) is 12.7 Å². The average molecular weight is 341 g/mol. The predicted octanol–water partition coefficient (Wildman–Crippen LogP) is 3.21. The van der Waals surface area contributed by atoms with Crippen molar-refractivity contribution in [3.05, 3.63) is 65.4 Å². The molecule has 1 atom stereocenters. The molecule has 0 aliphatic rings. The van der Waals surface area contributed by atoms with E-state index < -0.39 is 0 Å². The number of hydrogen-bond donors (Lipinski definition) is 1. The molecular weight excluding hydrogens is 321 g/mol. The third kappa shape index (κ3) is 3.79. The summed E-state index contributed by atoms with van der Waals surface area (Å²) >= 11 is 0. The van der Waals surface area contributed by atoms with Gasteiger partial charge >= 0.3 is 0 Å². The van der Waals surface area contributed by atoms with E-state index in [1.165, 1.54) is 12.3 Å². The van der Waals surface area contributed by atoms with Crippen LogP contribution in [0.1, 0.15) is 29.8 Å². The van der Waals surface area contributed by atoms with Crippen molar-refractivity contribution in [1.29, 1.82) is 0 Å². The number of fused-ring (bicyclic) bond motifs is 1. The third-order valence-corrected chi connectivity index (χ3v) is 4.10. The van der Waals surface area contributed by atoms with Gasteiger partial charge in [0, 0.05) is 12.4 Å². The number of aryl methyl sites for hydroxylation is 1. The van der Waals surface area contributed by atoms with Crippen LogP contribution >= 0.6 is 0 Å². The van der Waals surface area contributed by atoms with Gasteiger partial charge in [0.15, 0.2) is 0 Å². The maximum Gasteiger partial charge on any atom is 0.226 e. The van der Waals surface area contributed by atoms with E-state index in [0.29, 0.717) is 11.3 Å². The van der Waals surface area contributed by atoms with Gasteiger partial charge in [0.2, 0.25) is 5.91 Å². The average Bonchev–Trinajstić information content (AvgIpc) is 2.95. The first kappa shape index (κ1) is 17.0. The van der Waals surface area contributed by atoms with Crippen LogP contribution in [0.2, 0.25) is 0 Å². The topological polar surface area (TPSA) is 55.6 Å². The van der Waals surface area contributed by atoms with Crippen LogP contribution in [0.4, 0.5) is 4.39 Å². The zero-order valence-corrected chi connectivity index (χ0v) is 14.4. The van der Waals surface area contributed by atoms with Gasteiger partial charge in [-0.15, -0.1) is 0 Å². The number of pyridine rings is 1. The predicted molar refractivity (Wildman–Crippen MR) is 93.1 cm³/mol. The smallest absolute Gasteiger partial charge is 0.226 e. The molecule has 0 spiro atoms. The molecule has 3 rings (SSSR count). The molecule has 130 valence electrons. The first-order valence-electron chi connectivity index (χ1n) is 8.03. The Hall–Kier alpha value is -2.89. The molecule has 6 heteroatoms. The number of carbonyl (C=O) groups is 1. The van der Waals surface area contributed by atoms with Crippen molar-refractivity contribution in [2.45, 2.75) is 26.3 Å². The van der Waals surface area contributed by atoms with E-state index in [0.717, 1.165) is 16.9 Å². The van der Waals surface area contributed by atoms with E-state index in [2.05, 4.69) is 10.3 Å². The van der Waals surface area contributed by atoms with Gasteiger partial charge in [-0.25, -0.2) is 9.37 Å². The summed E-state index contributed by atoms with van der Waals surface area (Å²) in [6, 6.07) is 8.62. The molecule has 5 nitrogen and oxygen atoms in total. The number of rotatable bonds is 5. The number of hydrogen-bond acceptors (Lipinski definition) is 3. The zero-order chi connectivity index (χ0) is 18.0. The molecule has 0 radical (unpaired) electrons. The molecule has 1 aromatic carbocycles. The van der Waals surface area contributed by atoms with Gasteiger partial charge < -0.3 is 14.5 Å². The summed E-state index contributed by atoms with van der Waals surface area (Å²) in [4.78, 5) is 16.6. The van der Waals surface area contributed by atoms with Crippen molar-refractivity contribution >= 4 is 11.6 Å². The number of amides is 1. The van der Waals surface area contributed by atoms with E-state index in [-0.39, 0.29) is 24.2 Å². The Balaban J connectivity index is 1.67. The van der Waals surface area contributed by atoms with Gasteiger partial charge in [0.25, 0.3) is 0 Å². The van der Waals surface area contributed by atoms with Gasteiger partial charge in [0.05, 0.1) is 25.3 Å². The van der Waals surface area contributed by atoms with Crippen molar-refractivity contribution in [1.82, 2.24) is 14.7 Å². The minimum Gasteiger partial charge on any atom is -0.496 e. The first-order valence-corrected chi connectivity index (χ1v) is 8.03. The van der Waals surface area contributed by atoms with Gasteiger partial charge in [-0.05, 0) is 43.2 Å². The van der Waals surface area contributed by atoms with E-state index in [4.69, 9.17) is 4.74 Å². The molecule has 1 N–H and O–H groups in total. The fourth-order valence-electron chi connectivity index (χ4n) is 2.81. The second-order valence-corrected chi connectivity index (χ2v) is 6.04. The molecular formula is C19H20FN3O2. The lowest BCUT2D eigenvalue weighted by Crippen LogP contribution is -2.28. The van der Waals surface area contributed by atoms with Crippen LogP contribution in [0.25, 0.3) is 5.65 Å². The van der Waals surface area contributed by atoms with Crippen LogP contribution < -0.4 is 10.1 Å². The monoisotopic (exact) mass is 341 g/mol. The summed E-state index contributed by atoms with van der Waals surface area (Å²) in [5.41, 5.74) is 3.23. The Morgan fingerprint density at radius 3 is 2.84 bits per heavy atom. The van der Waals surface area contributed by atoms with E-state index in [9.17, 15) is 9.18 Å². The third-order valence-electron chi connectivity index (χ3n) is 4.10. The lowest BCUT2D eigenvalue weighted by molar-refractivity contribution is -0.121. The van der Waals surface area contributed by atoms with Gasteiger partial charge in [-0.2, -0.15) is 0 Å². The number of aromatic nitrogens is 2. The molecule has 2 heterocycles. The standard InChI is InChI=1S/C19H20FN3O2/c1-12-8-14(4-6-17(12)25-3)13(2)21-19(24)9-16-11-23-10-15(20)5-7-18(23)22-16/h4-8,10-11,13H,9H2,1-3H3,(H,21,24)/t13-/m1/s1. The first-order chi connectivity index (χ1) is 12.0. The van der Waals surface area contributed by atoms with Crippen LogP contribution in [0.3, 0.4) is 0 Å². The minimum absolute atomic E-state index is 0.133. The largest absolute Gasteiger partial charge is 0.496 e. The molecule has 1 amide bonds. The summed E-state index contributed by atoms with van der Waals surface area (Å²) in [7, 11) is 1.63. The molecule has 0 bridgehead atoms. The van der Waals surface area contributed by atoms with Crippen LogP contribution in [0.15, 0.2) is 42.7 Å². The Morgan fingerprint density at radius 1 is 1.32 bits per heavy atom. The Kier molecular flexibility index (Phi) is 4.70. The normalized spacial score (nSPS) is 12.2. The van der Waals surface area contributed by atoms with Crippen molar-refractivity contribution in [2.75, 3.05) is 7.11 Å². The lowest BCUT2D eigenvalue weighted by atomic mass is 10.0. The van der Waals surface area contributed by atoms with Gasteiger partial charge in [0.1, 0.15) is 17.2 Å². The highest BCUT2D eigenvalue weighted by atomic mass is 19.1. The van der Waals surface area contributed by atoms with E-state index >= 15 is 0 Å². The SMILES string of the molecule is COc1ccc([C@@H](C)NC(=O)Cc2cn3cc(F)ccc3n2)cc1C. The molecule has 0 aliphatic heterocycles. The summed E-state index contributed by atoms with van der Waals surface area (Å²) in [5.74, 6) is 0.341. The molecule has 25 heavy (non-hydrogen) atoms. The highest BCUT2D eigenvalue weighted by Crippen LogP contribution is 2.22. The molecule has 0 fully saturated rings. The fraction of sp³-hybridized carbons (Fsp3) is 0.263. The van der Waals surface area contributed by atoms with Gasteiger partial charge in [-0.3, -0.25) is 4.79 Å². The zero-order valence-electron chi connectivity index (χ0n) is 14.4. The summed E-state index contributed by atoms with van der Waals surface area (Å²) in [6.45, 7) is 3.89. The Morgan fingerprint density at radius 2 is 2.12 bits per heavy atom. The minimum atomic E-state index is -0.343. The molecule has 0 saturated heterocycles. The molecule has 0 unspecified atom stereocenters. The number of nitrogens with zero attached hydrogens (tertiary/aromatic N) is 2. The molecule has 0 saturated carbocycles. The van der Waals surface area contributed by atoms with Crippen LogP contribution in [0.5, 0.6) is 5.75 Å². The number of imidazole rings is 1. The van der Waals surface area contributed by atoms with Crippen molar-refractivity contribution < 1.29 is 13.9 Å².